The molecule has 1 atom stereocenters. The Kier molecular flexibility index (Phi) is 8.76. The third-order valence-corrected chi connectivity index (χ3v) is 3.12. The Bertz CT molecular complexity index is 381. The van der Waals surface area contributed by atoms with Gasteiger partial charge in [-0.15, -0.1) is 0 Å². The molecule has 22 heavy (non-hydrogen) atoms. The van der Waals surface area contributed by atoms with Crippen LogP contribution in [0.1, 0.15) is 53.2 Å². The van der Waals surface area contributed by atoms with Crippen LogP contribution in [0.25, 0.3) is 0 Å². The van der Waals surface area contributed by atoms with Gasteiger partial charge in [-0.2, -0.15) is 0 Å². The number of hydrogen-bond donors (Lipinski definition) is 0. The molecule has 0 saturated heterocycles. The average molecular weight is 306 g/mol. The van der Waals surface area contributed by atoms with Crippen LogP contribution in [0, 0.1) is 17.8 Å². The zero-order valence-corrected chi connectivity index (χ0v) is 14.9. The molecule has 0 spiro atoms. The van der Waals surface area contributed by atoms with Crippen LogP contribution in [0.3, 0.4) is 0 Å². The molecule has 4 heteroatoms. The molecule has 1 unspecified atom stereocenters. The van der Waals surface area contributed by atoms with E-state index >= 15 is 0 Å². The molecular formula is C18H31BO3. The van der Waals surface area contributed by atoms with Crippen LogP contribution in [0.15, 0.2) is 30.3 Å². The second kappa shape index (κ2) is 10.0. The van der Waals surface area contributed by atoms with Gasteiger partial charge in [0.05, 0.1) is 6.10 Å². The van der Waals surface area contributed by atoms with E-state index in [2.05, 4.69) is 53.7 Å². The van der Waals surface area contributed by atoms with Crippen molar-refractivity contribution in [2.45, 2.75) is 47.6 Å². The summed E-state index contributed by atoms with van der Waals surface area (Å²) in [5.41, 5.74) is 1.16. The first kappa shape index (κ1) is 19.2. The Balaban J connectivity index is 2.73. The Hall–Kier alpha value is -0.835. The Morgan fingerprint density at radius 1 is 0.818 bits per heavy atom. The molecule has 0 N–H and O–H groups in total. The first-order valence-corrected chi connectivity index (χ1v) is 8.33. The monoisotopic (exact) mass is 306 g/mol. The molecule has 0 amide bonds. The first-order valence-electron chi connectivity index (χ1n) is 8.33. The van der Waals surface area contributed by atoms with Crippen LogP contribution in [-0.2, 0) is 14.0 Å². The SMILES string of the molecule is CC(C)COB(OCC(C)C)OC(c1ccccc1)C(C)C. The molecule has 1 aromatic carbocycles. The molecular weight excluding hydrogens is 275 g/mol. The maximum atomic E-state index is 6.15. The van der Waals surface area contributed by atoms with E-state index in [0.717, 1.165) is 5.56 Å². The van der Waals surface area contributed by atoms with Gasteiger partial charge in [-0.1, -0.05) is 71.9 Å². The summed E-state index contributed by atoms with van der Waals surface area (Å²) in [5, 5.41) is 0. The number of hydrogen-bond acceptors (Lipinski definition) is 3. The van der Waals surface area contributed by atoms with Gasteiger partial charge in [0.15, 0.2) is 0 Å². The Labute approximate surface area is 136 Å². The van der Waals surface area contributed by atoms with Crippen molar-refractivity contribution < 1.29 is 14.0 Å². The lowest BCUT2D eigenvalue weighted by Gasteiger charge is -2.26. The van der Waals surface area contributed by atoms with Crippen molar-refractivity contribution >= 4 is 7.32 Å². The van der Waals surface area contributed by atoms with Crippen molar-refractivity contribution in [1.82, 2.24) is 0 Å². The maximum Gasteiger partial charge on any atom is 0.639 e. The van der Waals surface area contributed by atoms with Crippen LogP contribution in [-0.4, -0.2) is 20.5 Å². The van der Waals surface area contributed by atoms with Crippen molar-refractivity contribution in [3.63, 3.8) is 0 Å². The van der Waals surface area contributed by atoms with E-state index in [1.165, 1.54) is 0 Å². The maximum absolute atomic E-state index is 6.15. The third kappa shape index (κ3) is 7.43. The van der Waals surface area contributed by atoms with Gasteiger partial charge in [0.1, 0.15) is 0 Å². The van der Waals surface area contributed by atoms with E-state index in [1.54, 1.807) is 0 Å². The molecule has 0 aliphatic carbocycles. The smallest absolute Gasteiger partial charge is 0.386 e. The molecule has 0 saturated carbocycles. The van der Waals surface area contributed by atoms with Crippen molar-refractivity contribution in [2.24, 2.45) is 17.8 Å². The minimum absolute atomic E-state index is 0.0366. The topological polar surface area (TPSA) is 27.7 Å². The van der Waals surface area contributed by atoms with Crippen LogP contribution >= 0.6 is 0 Å². The lowest BCUT2D eigenvalue weighted by atomic mass is 9.97. The quantitative estimate of drug-likeness (QED) is 0.585. The summed E-state index contributed by atoms with van der Waals surface area (Å²) >= 11 is 0. The molecule has 0 heterocycles. The number of rotatable bonds is 10. The average Bonchev–Trinajstić information content (AvgIpc) is 2.46. The highest BCUT2D eigenvalue weighted by molar-refractivity contribution is 6.36. The minimum atomic E-state index is -0.614. The van der Waals surface area contributed by atoms with E-state index in [4.69, 9.17) is 14.0 Å². The fourth-order valence-corrected chi connectivity index (χ4v) is 2.05. The van der Waals surface area contributed by atoms with Gasteiger partial charge < -0.3 is 14.0 Å². The van der Waals surface area contributed by atoms with E-state index in [-0.39, 0.29) is 6.10 Å². The summed E-state index contributed by atoms with van der Waals surface area (Å²) in [7, 11) is -0.614. The van der Waals surface area contributed by atoms with Crippen LogP contribution in [0.5, 0.6) is 0 Å². The van der Waals surface area contributed by atoms with E-state index in [9.17, 15) is 0 Å². The van der Waals surface area contributed by atoms with Crippen molar-refractivity contribution in [3.8, 4) is 0 Å². The fraction of sp³-hybridized carbons (Fsp3) is 0.667. The van der Waals surface area contributed by atoms with Crippen LogP contribution in [0.4, 0.5) is 0 Å². The molecule has 0 aromatic heterocycles. The van der Waals surface area contributed by atoms with Gasteiger partial charge >= 0.3 is 7.32 Å². The van der Waals surface area contributed by atoms with Crippen molar-refractivity contribution in [3.05, 3.63) is 35.9 Å². The molecule has 0 bridgehead atoms. The van der Waals surface area contributed by atoms with Gasteiger partial charge in [-0.25, -0.2) is 0 Å². The van der Waals surface area contributed by atoms with Gasteiger partial charge in [0.25, 0.3) is 0 Å². The zero-order chi connectivity index (χ0) is 16.5. The highest BCUT2D eigenvalue weighted by Gasteiger charge is 2.29. The van der Waals surface area contributed by atoms with Gasteiger partial charge in [0.2, 0.25) is 0 Å². The van der Waals surface area contributed by atoms with Gasteiger partial charge in [-0.05, 0) is 23.3 Å². The lowest BCUT2D eigenvalue weighted by molar-refractivity contribution is 0.0272. The molecule has 0 aliphatic rings. The Morgan fingerprint density at radius 2 is 1.32 bits per heavy atom. The van der Waals surface area contributed by atoms with Crippen molar-refractivity contribution in [2.75, 3.05) is 13.2 Å². The fourth-order valence-electron chi connectivity index (χ4n) is 2.05. The highest BCUT2D eigenvalue weighted by atomic mass is 16.7. The second-order valence-electron chi connectivity index (χ2n) is 6.95. The van der Waals surface area contributed by atoms with Crippen molar-refractivity contribution in [1.29, 1.82) is 0 Å². The summed E-state index contributed by atoms with van der Waals surface area (Å²) in [5.74, 6) is 1.24. The Morgan fingerprint density at radius 3 is 1.73 bits per heavy atom. The standard InChI is InChI=1S/C18H31BO3/c1-14(2)12-20-19(21-13-15(3)4)22-18(16(5)6)17-10-8-7-9-11-17/h7-11,14-16,18H,12-13H2,1-6H3. The van der Waals surface area contributed by atoms with E-state index in [1.807, 2.05) is 18.2 Å². The molecule has 1 aromatic rings. The predicted octanol–water partition coefficient (Wildman–Crippen LogP) is 4.73. The van der Waals surface area contributed by atoms with Crippen LogP contribution < -0.4 is 0 Å². The predicted molar refractivity (Wildman–Crippen MR) is 92.4 cm³/mol. The highest BCUT2D eigenvalue weighted by Crippen LogP contribution is 2.27. The second-order valence-corrected chi connectivity index (χ2v) is 6.95. The molecule has 124 valence electrons. The van der Waals surface area contributed by atoms with Crippen LogP contribution in [0.2, 0.25) is 0 Å². The summed E-state index contributed by atoms with van der Waals surface area (Å²) < 4.78 is 17.8. The van der Waals surface area contributed by atoms with E-state index < -0.39 is 7.32 Å². The summed E-state index contributed by atoms with van der Waals surface area (Å²) in [6.07, 6.45) is -0.0366. The molecule has 1 rings (SSSR count). The molecule has 0 aliphatic heterocycles. The molecule has 3 nitrogen and oxygen atoms in total. The van der Waals surface area contributed by atoms with E-state index in [0.29, 0.717) is 31.0 Å². The molecule has 0 radical (unpaired) electrons. The minimum Gasteiger partial charge on any atom is -0.386 e. The summed E-state index contributed by atoms with van der Waals surface area (Å²) in [6, 6.07) is 10.3. The largest absolute Gasteiger partial charge is 0.639 e. The summed E-state index contributed by atoms with van der Waals surface area (Å²) in [4.78, 5) is 0. The molecule has 0 fully saturated rings. The summed E-state index contributed by atoms with van der Waals surface area (Å²) in [6.45, 7) is 14.0. The third-order valence-electron chi connectivity index (χ3n) is 3.12. The normalized spacial score (nSPS) is 13.1. The zero-order valence-electron chi connectivity index (χ0n) is 14.9. The first-order chi connectivity index (χ1) is 10.4. The number of benzene rings is 1. The van der Waals surface area contributed by atoms with Gasteiger partial charge in [-0.3, -0.25) is 0 Å². The van der Waals surface area contributed by atoms with Gasteiger partial charge in [0, 0.05) is 13.2 Å². The lowest BCUT2D eigenvalue weighted by Crippen LogP contribution is -2.33.